The lowest BCUT2D eigenvalue weighted by Gasteiger charge is -2.34. The summed E-state index contributed by atoms with van der Waals surface area (Å²) in [5, 5.41) is 15.1. The Kier molecular flexibility index (Phi) is 6.62. The summed E-state index contributed by atoms with van der Waals surface area (Å²) in [6.07, 6.45) is 5.88. The van der Waals surface area contributed by atoms with Crippen molar-refractivity contribution in [1.29, 1.82) is 0 Å². The molecule has 8 nitrogen and oxygen atoms in total. The molecule has 3 fully saturated rings. The van der Waals surface area contributed by atoms with E-state index in [0.717, 1.165) is 45.3 Å². The number of aromatic nitrogens is 3. The molecule has 7 rings (SSSR count). The van der Waals surface area contributed by atoms with Gasteiger partial charge in [-0.3, -0.25) is 9.88 Å². The van der Waals surface area contributed by atoms with E-state index in [1.807, 2.05) is 0 Å². The van der Waals surface area contributed by atoms with Gasteiger partial charge in [-0.05, 0) is 69.7 Å². The van der Waals surface area contributed by atoms with E-state index >= 15 is 8.78 Å². The van der Waals surface area contributed by atoms with Crippen LogP contribution in [0, 0.1) is 11.6 Å². The Morgan fingerprint density at radius 1 is 1.10 bits per heavy atom. The van der Waals surface area contributed by atoms with E-state index in [1.165, 1.54) is 18.2 Å². The Morgan fingerprint density at radius 3 is 2.68 bits per heavy atom. The first-order valence-electron chi connectivity index (χ1n) is 14.5. The van der Waals surface area contributed by atoms with Crippen LogP contribution in [0.5, 0.6) is 11.8 Å². The summed E-state index contributed by atoms with van der Waals surface area (Å²) < 4.78 is 37.7. The molecular formula is C31H34F2N6O2. The Labute approximate surface area is 237 Å². The zero-order chi connectivity index (χ0) is 28.2. The summed E-state index contributed by atoms with van der Waals surface area (Å²) in [7, 11) is 0. The summed E-state index contributed by atoms with van der Waals surface area (Å²) >= 11 is 0. The van der Waals surface area contributed by atoms with Gasteiger partial charge in [0.25, 0.3) is 0 Å². The van der Waals surface area contributed by atoms with Gasteiger partial charge in [-0.2, -0.15) is 9.97 Å². The minimum Gasteiger partial charge on any atom is -0.508 e. The zero-order valence-corrected chi connectivity index (χ0v) is 23.3. The molecule has 2 unspecified atom stereocenters. The Morgan fingerprint density at radius 2 is 1.90 bits per heavy atom. The highest BCUT2D eigenvalue weighted by atomic mass is 19.1. The maximum Gasteiger partial charge on any atom is 0.319 e. The molecule has 3 atom stereocenters. The van der Waals surface area contributed by atoms with Crippen molar-refractivity contribution in [2.75, 3.05) is 31.1 Å². The number of hydrogen-bond acceptors (Lipinski definition) is 8. The topological polar surface area (TPSA) is 86.6 Å². The molecule has 2 N–H and O–H groups in total. The number of aromatic hydroxyl groups is 1. The third kappa shape index (κ3) is 4.72. The Balaban J connectivity index is 1.35. The molecule has 214 valence electrons. The highest BCUT2D eigenvalue weighted by Gasteiger charge is 2.34. The summed E-state index contributed by atoms with van der Waals surface area (Å²) in [6, 6.07) is 8.81. The van der Waals surface area contributed by atoms with Gasteiger partial charge in [0.05, 0.1) is 5.39 Å². The van der Waals surface area contributed by atoms with Crippen LogP contribution in [0.15, 0.2) is 36.5 Å². The van der Waals surface area contributed by atoms with E-state index < -0.39 is 11.6 Å². The fraction of sp³-hybridized carbons (Fsp3) is 0.452. The van der Waals surface area contributed by atoms with Crippen molar-refractivity contribution in [3.05, 3.63) is 48.2 Å². The fourth-order valence-electron chi connectivity index (χ4n) is 6.93. The molecule has 0 amide bonds. The monoisotopic (exact) mass is 560 g/mol. The van der Waals surface area contributed by atoms with Crippen LogP contribution in [0.1, 0.15) is 39.5 Å². The molecule has 10 heteroatoms. The highest BCUT2D eigenvalue weighted by molar-refractivity contribution is 6.00. The number of nitrogens with one attached hydrogen (secondary N) is 1. The van der Waals surface area contributed by atoms with Gasteiger partial charge in [0, 0.05) is 54.4 Å². The lowest BCUT2D eigenvalue weighted by molar-refractivity contribution is 0.138. The molecule has 0 spiro atoms. The molecule has 3 saturated heterocycles. The second-order valence-electron chi connectivity index (χ2n) is 11.8. The summed E-state index contributed by atoms with van der Waals surface area (Å²) in [6.45, 7) is 7.29. The molecule has 0 saturated carbocycles. The van der Waals surface area contributed by atoms with Crippen LogP contribution in [0.3, 0.4) is 0 Å². The van der Waals surface area contributed by atoms with Gasteiger partial charge in [-0.15, -0.1) is 0 Å². The number of benzene rings is 2. The van der Waals surface area contributed by atoms with Gasteiger partial charge < -0.3 is 20.1 Å². The minimum absolute atomic E-state index is 0.0702. The minimum atomic E-state index is -0.700. The Hall–Kier alpha value is -3.63. The van der Waals surface area contributed by atoms with E-state index in [4.69, 9.17) is 9.72 Å². The molecule has 3 aliphatic heterocycles. The molecule has 2 aromatic heterocycles. The van der Waals surface area contributed by atoms with E-state index in [-0.39, 0.29) is 40.0 Å². The lowest BCUT2D eigenvalue weighted by atomic mass is 9.99. The number of piperazine rings is 1. The van der Waals surface area contributed by atoms with Crippen LogP contribution >= 0.6 is 0 Å². The number of anilines is 1. The number of hydrogen-bond donors (Lipinski definition) is 2. The number of nitrogens with zero attached hydrogens (tertiary/aromatic N) is 5. The maximum atomic E-state index is 16.5. The zero-order valence-electron chi connectivity index (χ0n) is 23.3. The van der Waals surface area contributed by atoms with Crippen molar-refractivity contribution in [2.24, 2.45) is 0 Å². The number of pyridine rings is 1. The third-order valence-electron chi connectivity index (χ3n) is 8.82. The van der Waals surface area contributed by atoms with Crippen LogP contribution in [-0.2, 0) is 0 Å². The predicted octanol–water partition coefficient (Wildman–Crippen LogP) is 5.02. The van der Waals surface area contributed by atoms with Crippen LogP contribution in [0.25, 0.3) is 32.9 Å². The number of rotatable bonds is 6. The van der Waals surface area contributed by atoms with Crippen LogP contribution in [-0.4, -0.2) is 75.4 Å². The third-order valence-corrected chi connectivity index (χ3v) is 8.82. The van der Waals surface area contributed by atoms with Gasteiger partial charge in [0.15, 0.2) is 5.82 Å². The van der Waals surface area contributed by atoms with E-state index in [1.54, 1.807) is 18.3 Å². The lowest BCUT2D eigenvalue weighted by Crippen LogP contribution is -2.51. The highest BCUT2D eigenvalue weighted by Crippen LogP contribution is 2.38. The molecule has 0 aliphatic carbocycles. The van der Waals surface area contributed by atoms with Crippen LogP contribution in [0.2, 0.25) is 0 Å². The number of phenolic OH excluding ortho intramolecular Hbond substituents is 1. The SMILES string of the molecule is CC(C)N1CCC[C@H]1COc1nc(N2CC3CCC(C2)N3)c2cnc(-c3cc(O)cc4cccc(F)c34)c(F)c2n1. The largest absolute Gasteiger partial charge is 0.508 e. The van der Waals surface area contributed by atoms with Gasteiger partial charge >= 0.3 is 6.01 Å². The van der Waals surface area contributed by atoms with Gasteiger partial charge in [0.1, 0.15) is 35.2 Å². The fourth-order valence-corrected chi connectivity index (χ4v) is 6.93. The van der Waals surface area contributed by atoms with Crippen molar-refractivity contribution < 1.29 is 18.6 Å². The number of halogens is 2. The number of likely N-dealkylation sites (tertiary alicyclic amines) is 1. The molecule has 41 heavy (non-hydrogen) atoms. The number of ether oxygens (including phenoxy) is 1. The summed E-state index contributed by atoms with van der Waals surface area (Å²) in [4.78, 5) is 18.4. The molecule has 0 radical (unpaired) electrons. The standard InChI is InChI=1S/C31H34F2N6O2/c1-17(2)39-10-4-6-21(39)16-41-31-36-29-24(30(37-31)38-14-19-8-9-20(15-38)35-19)13-34-28(27(29)33)23-12-22(40)11-18-5-3-7-25(32)26(18)23/h3,5,7,11-13,17,19-21,35,40H,4,6,8-10,14-16H2,1-2H3/t19?,20?,21-/m0/s1. The number of fused-ring (bicyclic) bond motifs is 4. The average molecular weight is 561 g/mol. The number of phenols is 1. The second-order valence-corrected chi connectivity index (χ2v) is 11.8. The molecule has 3 aliphatic rings. The summed E-state index contributed by atoms with van der Waals surface area (Å²) in [5.74, 6) is -0.725. The van der Waals surface area contributed by atoms with E-state index in [2.05, 4.69) is 38.9 Å². The molecule has 4 aromatic rings. The van der Waals surface area contributed by atoms with Crippen molar-refractivity contribution in [1.82, 2.24) is 25.2 Å². The normalized spacial score (nSPS) is 22.9. The quantitative estimate of drug-likeness (QED) is 0.340. The second kappa shape index (κ2) is 10.3. The van der Waals surface area contributed by atoms with Crippen LogP contribution in [0.4, 0.5) is 14.6 Å². The smallest absolute Gasteiger partial charge is 0.319 e. The first-order chi connectivity index (χ1) is 19.9. The van der Waals surface area contributed by atoms with Crippen molar-refractivity contribution in [3.63, 3.8) is 0 Å². The van der Waals surface area contributed by atoms with Crippen molar-refractivity contribution in [3.8, 4) is 23.0 Å². The van der Waals surface area contributed by atoms with Crippen molar-refractivity contribution >= 4 is 27.5 Å². The maximum absolute atomic E-state index is 16.5. The molecule has 2 aromatic carbocycles. The Bertz CT molecular complexity index is 1620. The molecular weight excluding hydrogens is 526 g/mol. The first-order valence-corrected chi connectivity index (χ1v) is 14.5. The predicted molar refractivity (Wildman–Crippen MR) is 154 cm³/mol. The van der Waals surface area contributed by atoms with E-state index in [9.17, 15) is 5.11 Å². The van der Waals surface area contributed by atoms with Gasteiger partial charge in [-0.1, -0.05) is 12.1 Å². The van der Waals surface area contributed by atoms with Gasteiger partial charge in [-0.25, -0.2) is 8.78 Å². The van der Waals surface area contributed by atoms with Crippen molar-refractivity contribution in [2.45, 2.75) is 63.7 Å². The summed E-state index contributed by atoms with van der Waals surface area (Å²) in [5.41, 5.74) is 0.154. The van der Waals surface area contributed by atoms with Gasteiger partial charge in [0.2, 0.25) is 0 Å². The van der Waals surface area contributed by atoms with Crippen LogP contribution < -0.4 is 15.0 Å². The first kappa shape index (κ1) is 26.3. The average Bonchev–Trinajstić information content (AvgIpc) is 3.57. The molecule has 5 heterocycles. The van der Waals surface area contributed by atoms with E-state index in [0.29, 0.717) is 41.3 Å². The molecule has 2 bridgehead atoms.